The molecule has 0 aliphatic heterocycles. The molecule has 0 amide bonds. The first-order valence-corrected chi connectivity index (χ1v) is 10.7. The summed E-state index contributed by atoms with van der Waals surface area (Å²) in [5.41, 5.74) is 2.57. The van der Waals surface area contributed by atoms with E-state index in [1.165, 1.54) is 17.5 Å². The minimum atomic E-state index is -0.457. The zero-order valence-corrected chi connectivity index (χ0v) is 17.1. The van der Waals surface area contributed by atoms with Crippen LogP contribution in [0.25, 0.3) is 10.8 Å². The summed E-state index contributed by atoms with van der Waals surface area (Å²) in [4.78, 5) is 0. The Balaban J connectivity index is 1.85. The molecule has 2 aromatic carbocycles. The van der Waals surface area contributed by atoms with Crippen molar-refractivity contribution in [2.24, 2.45) is 5.92 Å². The van der Waals surface area contributed by atoms with Gasteiger partial charge in [0.05, 0.1) is 12.2 Å². The average molecular weight is 385 g/mol. The van der Waals surface area contributed by atoms with Gasteiger partial charge in [-0.05, 0) is 43.4 Å². The summed E-state index contributed by atoms with van der Waals surface area (Å²) >= 11 is 0. The molecule has 0 radical (unpaired) electrons. The van der Waals surface area contributed by atoms with Crippen LogP contribution in [0.3, 0.4) is 0 Å². The van der Waals surface area contributed by atoms with Gasteiger partial charge in [0, 0.05) is 21.9 Å². The molecule has 2 aromatic rings. The van der Waals surface area contributed by atoms with Gasteiger partial charge in [-0.2, -0.15) is 0 Å². The predicted octanol–water partition coefficient (Wildman–Crippen LogP) is 4.75. The predicted molar refractivity (Wildman–Crippen MR) is 111 cm³/mol. The van der Waals surface area contributed by atoms with Crippen molar-refractivity contribution in [3.63, 3.8) is 0 Å². The SMILES string of the molecule is CCC(O)COc1c2c(c(OCC(O)CC)c3ccccc13)C1CC2CC1C. The quantitative estimate of drug-likeness (QED) is 0.689. The lowest BCUT2D eigenvalue weighted by Gasteiger charge is -2.28. The Hall–Kier alpha value is -1.78. The Morgan fingerprint density at radius 3 is 1.96 bits per heavy atom. The van der Waals surface area contributed by atoms with Crippen LogP contribution in [0.1, 0.15) is 69.4 Å². The van der Waals surface area contributed by atoms with E-state index in [4.69, 9.17) is 9.47 Å². The van der Waals surface area contributed by atoms with Crippen molar-refractivity contribution in [3.05, 3.63) is 35.4 Å². The average Bonchev–Trinajstić information content (AvgIpc) is 3.27. The second-order valence-electron chi connectivity index (χ2n) is 8.53. The molecule has 2 bridgehead atoms. The van der Waals surface area contributed by atoms with Gasteiger partial charge in [0.15, 0.2) is 0 Å². The normalized spacial score (nSPS) is 25.0. The second-order valence-corrected chi connectivity index (χ2v) is 8.53. The zero-order valence-electron chi connectivity index (χ0n) is 17.1. The molecule has 4 nitrogen and oxygen atoms in total. The van der Waals surface area contributed by atoms with E-state index in [1.54, 1.807) is 0 Å². The molecular formula is C24H32O4. The molecule has 2 aliphatic rings. The molecule has 28 heavy (non-hydrogen) atoms. The van der Waals surface area contributed by atoms with Crippen molar-refractivity contribution in [1.29, 1.82) is 0 Å². The molecule has 4 rings (SSSR count). The molecule has 0 spiro atoms. The van der Waals surface area contributed by atoms with Crippen molar-refractivity contribution in [3.8, 4) is 11.5 Å². The van der Waals surface area contributed by atoms with Gasteiger partial charge in [0.2, 0.25) is 0 Å². The van der Waals surface area contributed by atoms with Crippen molar-refractivity contribution < 1.29 is 19.7 Å². The number of ether oxygens (including phenoxy) is 2. The van der Waals surface area contributed by atoms with Crippen LogP contribution >= 0.6 is 0 Å². The fraction of sp³-hybridized carbons (Fsp3) is 0.583. The summed E-state index contributed by atoms with van der Waals surface area (Å²) in [5, 5.41) is 22.2. The summed E-state index contributed by atoms with van der Waals surface area (Å²) in [5.74, 6) is 3.47. The van der Waals surface area contributed by atoms with E-state index < -0.39 is 12.2 Å². The highest BCUT2D eigenvalue weighted by Crippen LogP contribution is 2.63. The topological polar surface area (TPSA) is 58.9 Å². The Morgan fingerprint density at radius 1 is 0.893 bits per heavy atom. The standard InChI is InChI=1S/C24H32O4/c1-4-16(25)12-27-23-18-8-6-7-9-19(18)24(28-13-17(26)5-2)22-20-11-15(21(22)23)10-14(20)3/h6-9,14-17,20,25-26H,4-5,10-13H2,1-3H3. The maximum absolute atomic E-state index is 10.1. The number of aliphatic hydroxyl groups excluding tert-OH is 2. The van der Waals surface area contributed by atoms with Crippen LogP contribution < -0.4 is 9.47 Å². The molecule has 0 heterocycles. The molecule has 2 N–H and O–H groups in total. The summed E-state index contributed by atoms with van der Waals surface area (Å²) < 4.78 is 12.5. The molecule has 5 unspecified atom stereocenters. The number of fused-ring (bicyclic) bond motifs is 6. The van der Waals surface area contributed by atoms with Gasteiger partial charge in [-0.25, -0.2) is 0 Å². The molecular weight excluding hydrogens is 352 g/mol. The van der Waals surface area contributed by atoms with Gasteiger partial charge < -0.3 is 19.7 Å². The first kappa shape index (κ1) is 19.5. The molecule has 2 aliphatic carbocycles. The fourth-order valence-electron chi connectivity index (χ4n) is 4.98. The number of aliphatic hydroxyl groups is 2. The molecule has 152 valence electrons. The van der Waals surface area contributed by atoms with Gasteiger partial charge in [-0.3, -0.25) is 0 Å². The molecule has 5 atom stereocenters. The lowest BCUT2D eigenvalue weighted by atomic mass is 9.82. The summed E-state index contributed by atoms with van der Waals surface area (Å²) in [6.45, 7) is 6.89. The highest BCUT2D eigenvalue weighted by atomic mass is 16.5. The number of rotatable bonds is 8. The third-order valence-corrected chi connectivity index (χ3v) is 6.64. The number of hydrogen-bond acceptors (Lipinski definition) is 4. The van der Waals surface area contributed by atoms with Crippen LogP contribution in [-0.4, -0.2) is 35.6 Å². The Kier molecular flexibility index (Phi) is 5.52. The monoisotopic (exact) mass is 384 g/mol. The van der Waals surface area contributed by atoms with Crippen LogP contribution in [0.15, 0.2) is 24.3 Å². The summed E-state index contributed by atoms with van der Waals surface area (Å²) in [7, 11) is 0. The lowest BCUT2D eigenvalue weighted by Crippen LogP contribution is -2.20. The van der Waals surface area contributed by atoms with Crippen molar-refractivity contribution in [2.45, 2.75) is 70.5 Å². The first-order chi connectivity index (χ1) is 13.5. The third kappa shape index (κ3) is 3.27. The Morgan fingerprint density at radius 2 is 1.43 bits per heavy atom. The van der Waals surface area contributed by atoms with E-state index in [1.807, 2.05) is 26.0 Å². The van der Waals surface area contributed by atoms with Crippen molar-refractivity contribution in [2.75, 3.05) is 13.2 Å². The van der Waals surface area contributed by atoms with E-state index in [0.717, 1.165) is 28.7 Å². The summed E-state index contributed by atoms with van der Waals surface area (Å²) in [6, 6.07) is 8.22. The highest BCUT2D eigenvalue weighted by molar-refractivity contribution is 5.97. The number of hydrogen-bond donors (Lipinski definition) is 2. The lowest BCUT2D eigenvalue weighted by molar-refractivity contribution is 0.102. The Labute approximate surface area is 167 Å². The van der Waals surface area contributed by atoms with E-state index in [-0.39, 0.29) is 0 Å². The molecule has 0 aromatic heterocycles. The highest BCUT2D eigenvalue weighted by Gasteiger charge is 2.46. The van der Waals surface area contributed by atoms with E-state index in [2.05, 4.69) is 19.1 Å². The maximum Gasteiger partial charge on any atom is 0.131 e. The number of benzene rings is 2. The Bertz CT molecular complexity index is 846. The van der Waals surface area contributed by atoms with Crippen LogP contribution in [0.2, 0.25) is 0 Å². The van der Waals surface area contributed by atoms with Crippen LogP contribution in [0, 0.1) is 5.92 Å². The van der Waals surface area contributed by atoms with Gasteiger partial charge >= 0.3 is 0 Å². The first-order valence-electron chi connectivity index (χ1n) is 10.7. The van der Waals surface area contributed by atoms with Gasteiger partial charge in [0.25, 0.3) is 0 Å². The van der Waals surface area contributed by atoms with Crippen molar-refractivity contribution >= 4 is 10.8 Å². The van der Waals surface area contributed by atoms with E-state index >= 15 is 0 Å². The van der Waals surface area contributed by atoms with Gasteiger partial charge in [-0.1, -0.05) is 45.0 Å². The van der Waals surface area contributed by atoms with Gasteiger partial charge in [-0.15, -0.1) is 0 Å². The van der Waals surface area contributed by atoms with Gasteiger partial charge in [0.1, 0.15) is 24.7 Å². The largest absolute Gasteiger partial charge is 0.490 e. The van der Waals surface area contributed by atoms with Crippen LogP contribution in [0.5, 0.6) is 11.5 Å². The maximum atomic E-state index is 10.1. The fourth-order valence-corrected chi connectivity index (χ4v) is 4.98. The zero-order chi connectivity index (χ0) is 19.8. The molecule has 1 fully saturated rings. The smallest absolute Gasteiger partial charge is 0.131 e. The van der Waals surface area contributed by atoms with Crippen molar-refractivity contribution in [1.82, 2.24) is 0 Å². The summed E-state index contributed by atoms with van der Waals surface area (Å²) in [6.07, 6.45) is 2.77. The van der Waals surface area contributed by atoms with E-state index in [0.29, 0.717) is 43.8 Å². The molecule has 0 saturated heterocycles. The second kappa shape index (κ2) is 7.92. The van der Waals surface area contributed by atoms with Crippen LogP contribution in [0.4, 0.5) is 0 Å². The third-order valence-electron chi connectivity index (χ3n) is 6.64. The minimum Gasteiger partial charge on any atom is -0.490 e. The minimum absolute atomic E-state index is 0.313. The van der Waals surface area contributed by atoms with E-state index in [9.17, 15) is 10.2 Å². The molecule has 1 saturated carbocycles. The van der Waals surface area contributed by atoms with Crippen LogP contribution in [-0.2, 0) is 0 Å². The molecule has 4 heteroatoms.